The van der Waals surface area contributed by atoms with Crippen molar-refractivity contribution in [3.63, 3.8) is 0 Å². The Bertz CT molecular complexity index is 1280. The first-order chi connectivity index (χ1) is 22.7. The second-order valence-corrected chi connectivity index (χ2v) is 12.4. The number of hydrogen-bond donors (Lipinski definition) is 3. The van der Waals surface area contributed by atoms with Gasteiger partial charge in [-0.3, -0.25) is 19.1 Å². The van der Waals surface area contributed by atoms with Gasteiger partial charge in [-0.1, -0.05) is 89.1 Å². The summed E-state index contributed by atoms with van der Waals surface area (Å²) in [6, 6.07) is -0.242. The summed E-state index contributed by atoms with van der Waals surface area (Å²) in [7, 11) is 1.17. The molecule has 2 saturated heterocycles. The van der Waals surface area contributed by atoms with Gasteiger partial charge >= 0.3 is 11.7 Å². The van der Waals surface area contributed by atoms with Crippen molar-refractivity contribution in [2.45, 2.75) is 153 Å². The molecule has 2 fully saturated rings. The van der Waals surface area contributed by atoms with E-state index in [4.69, 9.17) is 19.7 Å². The molecular formula is C32H52N6O9. The maximum atomic E-state index is 13.7. The maximum absolute atomic E-state index is 13.7. The summed E-state index contributed by atoms with van der Waals surface area (Å²) in [6.45, 7) is 2.37. The van der Waals surface area contributed by atoms with Crippen LogP contribution in [0.5, 0.6) is 0 Å². The molecule has 2 aliphatic rings. The number of azide groups is 1. The summed E-state index contributed by atoms with van der Waals surface area (Å²) in [5, 5.41) is 25.4. The van der Waals surface area contributed by atoms with Crippen molar-refractivity contribution in [3.05, 3.63) is 43.5 Å². The van der Waals surface area contributed by atoms with Gasteiger partial charge < -0.3 is 29.3 Å². The number of aromatic amines is 1. The molecule has 0 radical (unpaired) electrons. The van der Waals surface area contributed by atoms with Crippen LogP contribution in [0.25, 0.3) is 10.4 Å². The number of H-pyrrole nitrogens is 1. The fourth-order valence-electron chi connectivity index (χ4n) is 6.43. The molecule has 0 unspecified atom stereocenters. The minimum Gasteiger partial charge on any atom is -0.467 e. The van der Waals surface area contributed by atoms with Crippen LogP contribution in [0.15, 0.2) is 27.0 Å². The lowest BCUT2D eigenvalue weighted by Gasteiger charge is -2.29. The summed E-state index contributed by atoms with van der Waals surface area (Å²) < 4.78 is 18.1. The van der Waals surface area contributed by atoms with Crippen LogP contribution in [0, 0.1) is 0 Å². The minimum absolute atomic E-state index is 0.142. The number of unbranched alkanes of at least 4 members (excludes halogenated alkanes) is 12. The fraction of sp³-hybridized carbons (Fsp3) is 0.812. The highest BCUT2D eigenvalue weighted by Crippen LogP contribution is 2.38. The zero-order chi connectivity index (χ0) is 34.2. The quantitative estimate of drug-likeness (QED) is 0.0573. The Labute approximate surface area is 275 Å². The predicted octanol–water partition coefficient (Wildman–Crippen LogP) is 3.82. The molecule has 7 atom stereocenters. The van der Waals surface area contributed by atoms with E-state index >= 15 is 0 Å². The number of amides is 1. The highest BCUT2D eigenvalue weighted by Gasteiger charge is 2.58. The molecule has 264 valence electrons. The Morgan fingerprint density at radius 2 is 1.55 bits per heavy atom. The predicted molar refractivity (Wildman–Crippen MR) is 172 cm³/mol. The van der Waals surface area contributed by atoms with Gasteiger partial charge in [-0.05, 0) is 24.8 Å². The summed E-state index contributed by atoms with van der Waals surface area (Å²) in [4.78, 5) is 56.9. The largest absolute Gasteiger partial charge is 0.467 e. The second kappa shape index (κ2) is 20.2. The standard InChI is InChI=1S/C32H52N6O9/c1-3-4-5-6-7-8-9-10-11-12-13-14-15-17-23(40)38-24(18-16-20-34-36-33)46-28(25(38)31(43)45-2)29-26(41)27(42)30(47-29)37-21-19-22(39)35-32(37)44/h19,21,24-30,41-42H,3-18,20H2,1-2H3,(H,35,39,44)/t24-,25+,26+,27-,28+,29+,30-/m1/s1. The van der Waals surface area contributed by atoms with Gasteiger partial charge in [-0.15, -0.1) is 0 Å². The van der Waals surface area contributed by atoms with Crippen molar-refractivity contribution >= 4 is 11.9 Å². The number of carbonyl (C=O) groups excluding carboxylic acids is 2. The van der Waals surface area contributed by atoms with E-state index in [1.165, 1.54) is 69.8 Å². The highest BCUT2D eigenvalue weighted by atomic mass is 16.6. The molecule has 1 aromatic heterocycles. The molecule has 0 aliphatic carbocycles. The molecule has 3 N–H and O–H groups in total. The molecule has 0 saturated carbocycles. The van der Waals surface area contributed by atoms with Crippen molar-refractivity contribution in [2.75, 3.05) is 13.7 Å². The highest BCUT2D eigenvalue weighted by molar-refractivity contribution is 5.86. The van der Waals surface area contributed by atoms with Crippen LogP contribution in [-0.4, -0.2) is 86.9 Å². The molecule has 47 heavy (non-hydrogen) atoms. The fourth-order valence-corrected chi connectivity index (χ4v) is 6.43. The molecule has 0 aromatic carbocycles. The SMILES string of the molecule is CCCCCCCCCCCCCCCC(=O)N1[C@H](C(=O)OC)[C@@H]([C@H]2O[C@@H](n3ccc(=O)[nH]c3=O)[C@H](O)[C@@H]2O)O[C@@H]1CCCN=[N+]=[N-]. The second-order valence-electron chi connectivity index (χ2n) is 12.4. The molecular weight excluding hydrogens is 612 g/mol. The molecule has 0 spiro atoms. The third-order valence-corrected chi connectivity index (χ3v) is 8.96. The van der Waals surface area contributed by atoms with Gasteiger partial charge in [0.05, 0.1) is 7.11 Å². The number of esters is 1. The van der Waals surface area contributed by atoms with E-state index < -0.39 is 60.1 Å². The van der Waals surface area contributed by atoms with Gasteiger partial charge in [-0.25, -0.2) is 9.59 Å². The Hall–Kier alpha value is -3.23. The topological polar surface area (TPSA) is 209 Å². The van der Waals surface area contributed by atoms with E-state index in [9.17, 15) is 29.4 Å². The Morgan fingerprint density at radius 3 is 2.13 bits per heavy atom. The van der Waals surface area contributed by atoms with Crippen LogP contribution < -0.4 is 11.2 Å². The molecule has 0 bridgehead atoms. The van der Waals surface area contributed by atoms with Crippen LogP contribution in [0.2, 0.25) is 0 Å². The molecule has 3 heterocycles. The molecule has 15 heteroatoms. The van der Waals surface area contributed by atoms with Gasteiger partial charge in [-0.2, -0.15) is 0 Å². The zero-order valence-corrected chi connectivity index (χ0v) is 27.7. The van der Waals surface area contributed by atoms with Crippen LogP contribution in [0.3, 0.4) is 0 Å². The third-order valence-electron chi connectivity index (χ3n) is 8.96. The maximum Gasteiger partial charge on any atom is 0.331 e. The summed E-state index contributed by atoms with van der Waals surface area (Å²) in [5.74, 6) is -1.12. The molecule has 2 aliphatic heterocycles. The Balaban J connectivity index is 1.63. The van der Waals surface area contributed by atoms with Gasteiger partial charge in [0.2, 0.25) is 5.91 Å². The molecule has 15 nitrogen and oxygen atoms in total. The van der Waals surface area contributed by atoms with E-state index in [0.717, 1.165) is 36.1 Å². The van der Waals surface area contributed by atoms with Gasteiger partial charge in [0.15, 0.2) is 12.3 Å². The average molecular weight is 665 g/mol. The third kappa shape index (κ3) is 10.9. The van der Waals surface area contributed by atoms with E-state index in [0.29, 0.717) is 12.8 Å². The number of ether oxygens (including phenoxy) is 3. The lowest BCUT2D eigenvalue weighted by Crippen LogP contribution is -2.52. The first-order valence-electron chi connectivity index (χ1n) is 17.1. The molecule has 1 amide bonds. The number of nitrogens with one attached hydrogen (secondary N) is 1. The number of carbonyl (C=O) groups is 2. The van der Waals surface area contributed by atoms with Crippen LogP contribution in [0.1, 0.15) is 116 Å². The summed E-state index contributed by atoms with van der Waals surface area (Å²) in [6.07, 6.45) is 8.79. The lowest BCUT2D eigenvalue weighted by atomic mass is 9.98. The number of aliphatic hydroxyl groups excluding tert-OH is 2. The summed E-state index contributed by atoms with van der Waals surface area (Å²) in [5.41, 5.74) is 7.16. The number of rotatable bonds is 21. The monoisotopic (exact) mass is 664 g/mol. The van der Waals surface area contributed by atoms with Crippen LogP contribution in [-0.2, 0) is 23.8 Å². The van der Waals surface area contributed by atoms with Crippen molar-refractivity contribution in [1.82, 2.24) is 14.5 Å². The lowest BCUT2D eigenvalue weighted by molar-refractivity contribution is -0.155. The number of aliphatic hydroxyl groups is 2. The van der Waals surface area contributed by atoms with E-state index in [1.807, 2.05) is 0 Å². The van der Waals surface area contributed by atoms with Crippen LogP contribution in [0.4, 0.5) is 0 Å². The van der Waals surface area contributed by atoms with Gasteiger partial charge in [0.1, 0.15) is 30.6 Å². The number of hydrogen-bond acceptors (Lipinski definition) is 10. The molecule has 1 aromatic rings. The number of aromatic nitrogens is 2. The minimum atomic E-state index is -1.62. The smallest absolute Gasteiger partial charge is 0.331 e. The first-order valence-corrected chi connectivity index (χ1v) is 17.1. The summed E-state index contributed by atoms with van der Waals surface area (Å²) >= 11 is 0. The van der Waals surface area contributed by atoms with Crippen molar-refractivity contribution < 1.29 is 34.0 Å². The number of nitrogens with zero attached hydrogens (tertiary/aromatic N) is 5. The van der Waals surface area contributed by atoms with E-state index in [-0.39, 0.29) is 25.3 Å². The Morgan fingerprint density at radius 1 is 0.936 bits per heavy atom. The molecule has 3 rings (SSSR count). The van der Waals surface area contributed by atoms with E-state index in [1.54, 1.807) is 0 Å². The van der Waals surface area contributed by atoms with Crippen LogP contribution >= 0.6 is 0 Å². The average Bonchev–Trinajstić information content (AvgIpc) is 3.57. The Kier molecular flexibility index (Phi) is 16.4. The van der Waals surface area contributed by atoms with Crippen molar-refractivity contribution in [3.8, 4) is 0 Å². The van der Waals surface area contributed by atoms with E-state index in [2.05, 4.69) is 21.9 Å². The van der Waals surface area contributed by atoms with Gasteiger partial charge in [0.25, 0.3) is 5.56 Å². The van der Waals surface area contributed by atoms with Gasteiger partial charge in [0, 0.05) is 30.1 Å². The number of methoxy groups -OCH3 is 1. The normalized spacial score (nSPS) is 25.5. The zero-order valence-electron chi connectivity index (χ0n) is 27.7. The van der Waals surface area contributed by atoms with Crippen molar-refractivity contribution in [1.29, 1.82) is 0 Å². The van der Waals surface area contributed by atoms with Crippen molar-refractivity contribution in [2.24, 2.45) is 5.11 Å². The first kappa shape index (κ1) is 38.2.